The Kier molecular flexibility index (Phi) is 5.81. The van der Waals surface area contributed by atoms with Crippen LogP contribution >= 0.6 is 0 Å². The predicted molar refractivity (Wildman–Crippen MR) is 123 cm³/mol. The van der Waals surface area contributed by atoms with Crippen LogP contribution in [0.3, 0.4) is 0 Å². The Labute approximate surface area is 173 Å². The number of nitrogens with zero attached hydrogens (tertiary/aromatic N) is 1. The van der Waals surface area contributed by atoms with Gasteiger partial charge in [-0.25, -0.2) is 0 Å². The third-order valence-corrected chi connectivity index (χ3v) is 5.35. The molecule has 0 amide bonds. The van der Waals surface area contributed by atoms with Crippen molar-refractivity contribution in [3.8, 4) is 5.75 Å². The van der Waals surface area contributed by atoms with Crippen LogP contribution in [0.4, 0.5) is 11.4 Å². The molecular weight excluding hydrogens is 354 g/mol. The topological polar surface area (TPSA) is 12.5 Å². The van der Waals surface area contributed by atoms with Gasteiger partial charge in [0.2, 0.25) is 0 Å². The molecule has 0 bridgehead atoms. The summed E-state index contributed by atoms with van der Waals surface area (Å²) in [5, 5.41) is 2.39. The Bertz CT molecular complexity index is 1050. The summed E-state index contributed by atoms with van der Waals surface area (Å²) in [4.78, 5) is 2.41. The minimum absolute atomic E-state index is 0.683. The van der Waals surface area contributed by atoms with Gasteiger partial charge in [0, 0.05) is 23.3 Å². The largest absolute Gasteiger partial charge is 0.493 e. The van der Waals surface area contributed by atoms with E-state index in [0.29, 0.717) is 6.61 Å². The number of hydrogen-bond acceptors (Lipinski definition) is 2. The molecule has 0 N–H and O–H groups in total. The van der Waals surface area contributed by atoms with E-state index in [2.05, 4.69) is 110 Å². The molecule has 0 heterocycles. The molecule has 0 aliphatic carbocycles. The van der Waals surface area contributed by atoms with E-state index < -0.39 is 0 Å². The molecule has 2 nitrogen and oxygen atoms in total. The highest BCUT2D eigenvalue weighted by atomic mass is 16.5. The first-order chi connectivity index (χ1) is 14.2. The Morgan fingerprint density at radius 1 is 0.655 bits per heavy atom. The van der Waals surface area contributed by atoms with E-state index in [1.54, 1.807) is 0 Å². The van der Waals surface area contributed by atoms with Gasteiger partial charge >= 0.3 is 0 Å². The maximum atomic E-state index is 6.18. The van der Waals surface area contributed by atoms with Crippen molar-refractivity contribution < 1.29 is 4.74 Å². The molecule has 0 aromatic heterocycles. The second-order valence-electron chi connectivity index (χ2n) is 7.40. The molecular formula is C27H27NO. The molecule has 2 heteroatoms. The number of hydrogen-bond donors (Lipinski definition) is 0. The highest BCUT2D eigenvalue weighted by molar-refractivity contribution is 5.88. The predicted octanol–water partition coefficient (Wildman–Crippen LogP) is 7.06. The van der Waals surface area contributed by atoms with Gasteiger partial charge in [-0.05, 0) is 55.0 Å². The van der Waals surface area contributed by atoms with Crippen molar-refractivity contribution in [1.29, 1.82) is 0 Å². The van der Waals surface area contributed by atoms with Crippen molar-refractivity contribution in [2.24, 2.45) is 0 Å². The number of aryl methyl sites for hydroxylation is 2. The number of ether oxygens (including phenoxy) is 1. The van der Waals surface area contributed by atoms with Gasteiger partial charge in [-0.2, -0.15) is 0 Å². The summed E-state index contributed by atoms with van der Waals surface area (Å²) >= 11 is 0. The molecule has 0 unspecified atom stereocenters. The molecule has 0 atom stereocenters. The Hall–Kier alpha value is -3.26. The average Bonchev–Trinajstić information content (AvgIpc) is 2.75. The van der Waals surface area contributed by atoms with Gasteiger partial charge in [-0.1, -0.05) is 72.8 Å². The fraction of sp³-hybridized carbons (Fsp3) is 0.185. The molecule has 4 aromatic carbocycles. The van der Waals surface area contributed by atoms with Gasteiger partial charge in [0.1, 0.15) is 5.75 Å². The third-order valence-electron chi connectivity index (χ3n) is 5.35. The van der Waals surface area contributed by atoms with E-state index in [1.807, 2.05) is 0 Å². The van der Waals surface area contributed by atoms with E-state index in [4.69, 9.17) is 4.74 Å². The van der Waals surface area contributed by atoms with Gasteiger partial charge in [0.05, 0.1) is 6.61 Å². The highest BCUT2D eigenvalue weighted by Gasteiger charge is 2.13. The zero-order valence-corrected chi connectivity index (χ0v) is 17.1. The van der Waals surface area contributed by atoms with Crippen molar-refractivity contribution in [3.63, 3.8) is 0 Å². The fourth-order valence-corrected chi connectivity index (χ4v) is 3.83. The van der Waals surface area contributed by atoms with Gasteiger partial charge in [-0.3, -0.25) is 0 Å². The molecule has 146 valence electrons. The third kappa shape index (κ3) is 4.27. The Morgan fingerprint density at radius 3 is 1.93 bits per heavy atom. The molecule has 0 aliphatic heterocycles. The van der Waals surface area contributed by atoms with Crippen molar-refractivity contribution in [1.82, 2.24) is 0 Å². The summed E-state index contributed by atoms with van der Waals surface area (Å²) in [6.07, 6.45) is 0.936. The first-order valence-electron chi connectivity index (χ1n) is 10.2. The molecule has 29 heavy (non-hydrogen) atoms. The molecule has 0 saturated carbocycles. The van der Waals surface area contributed by atoms with E-state index in [0.717, 1.165) is 18.7 Å². The molecule has 0 spiro atoms. The van der Waals surface area contributed by atoms with E-state index in [9.17, 15) is 0 Å². The fourth-order valence-electron chi connectivity index (χ4n) is 3.83. The summed E-state index contributed by atoms with van der Waals surface area (Å²) < 4.78 is 6.18. The van der Waals surface area contributed by atoms with E-state index in [1.165, 1.54) is 33.3 Å². The zero-order valence-electron chi connectivity index (χ0n) is 17.1. The molecule has 0 aliphatic rings. The molecule has 4 aromatic rings. The van der Waals surface area contributed by atoms with Crippen LogP contribution in [-0.4, -0.2) is 13.2 Å². The smallest absolute Gasteiger partial charge is 0.127 e. The zero-order chi connectivity index (χ0) is 20.1. The monoisotopic (exact) mass is 381 g/mol. The quantitative estimate of drug-likeness (QED) is 0.318. The van der Waals surface area contributed by atoms with Crippen molar-refractivity contribution in [3.05, 3.63) is 102 Å². The van der Waals surface area contributed by atoms with Gasteiger partial charge < -0.3 is 9.64 Å². The summed E-state index contributed by atoms with van der Waals surface area (Å²) in [6.45, 7) is 5.93. The first kappa shape index (κ1) is 19.1. The van der Waals surface area contributed by atoms with Crippen molar-refractivity contribution >= 4 is 22.1 Å². The summed E-state index contributed by atoms with van der Waals surface area (Å²) in [5.74, 6) is 0.960. The standard InChI is InChI=1S/C27H27NO/c1-21-11-3-7-16-25(21)28(26-17-8-4-12-22(26)2)19-10-20-29-27-18-9-14-23-13-5-6-15-24(23)27/h3-9,11-18H,10,19-20H2,1-2H3. The molecule has 0 radical (unpaired) electrons. The minimum Gasteiger partial charge on any atom is -0.493 e. The summed E-state index contributed by atoms with van der Waals surface area (Å²) in [7, 11) is 0. The minimum atomic E-state index is 0.683. The summed E-state index contributed by atoms with van der Waals surface area (Å²) in [5.41, 5.74) is 5.08. The Balaban J connectivity index is 1.50. The van der Waals surface area contributed by atoms with Crippen LogP contribution < -0.4 is 9.64 Å². The van der Waals surface area contributed by atoms with Crippen LogP contribution in [0.2, 0.25) is 0 Å². The lowest BCUT2D eigenvalue weighted by Crippen LogP contribution is -2.22. The normalized spacial score (nSPS) is 10.8. The lowest BCUT2D eigenvalue weighted by molar-refractivity contribution is 0.317. The average molecular weight is 382 g/mol. The second kappa shape index (κ2) is 8.83. The van der Waals surface area contributed by atoms with Crippen LogP contribution in [0.25, 0.3) is 10.8 Å². The lowest BCUT2D eigenvalue weighted by Gasteiger charge is -2.28. The number of rotatable bonds is 7. The highest BCUT2D eigenvalue weighted by Crippen LogP contribution is 2.31. The number of fused-ring (bicyclic) bond motifs is 1. The SMILES string of the molecule is Cc1ccccc1N(CCCOc1cccc2ccccc12)c1ccccc1C. The van der Waals surface area contributed by atoms with Crippen LogP contribution in [0.1, 0.15) is 17.5 Å². The second-order valence-corrected chi connectivity index (χ2v) is 7.40. The van der Waals surface area contributed by atoms with Gasteiger partial charge in [0.25, 0.3) is 0 Å². The van der Waals surface area contributed by atoms with Crippen molar-refractivity contribution in [2.45, 2.75) is 20.3 Å². The van der Waals surface area contributed by atoms with Gasteiger partial charge in [0.15, 0.2) is 0 Å². The van der Waals surface area contributed by atoms with Crippen LogP contribution in [0.5, 0.6) is 5.75 Å². The van der Waals surface area contributed by atoms with E-state index >= 15 is 0 Å². The number of benzene rings is 4. The molecule has 4 rings (SSSR count). The Morgan fingerprint density at radius 2 is 1.24 bits per heavy atom. The van der Waals surface area contributed by atoms with Crippen LogP contribution in [0, 0.1) is 13.8 Å². The van der Waals surface area contributed by atoms with Crippen molar-refractivity contribution in [2.75, 3.05) is 18.1 Å². The van der Waals surface area contributed by atoms with Crippen LogP contribution in [-0.2, 0) is 0 Å². The lowest BCUT2D eigenvalue weighted by atomic mass is 10.1. The van der Waals surface area contributed by atoms with Gasteiger partial charge in [-0.15, -0.1) is 0 Å². The molecule has 0 fully saturated rings. The number of anilines is 2. The summed E-state index contributed by atoms with van der Waals surface area (Å²) in [6, 6.07) is 31.8. The maximum Gasteiger partial charge on any atom is 0.127 e. The van der Waals surface area contributed by atoms with E-state index in [-0.39, 0.29) is 0 Å². The molecule has 0 saturated heterocycles. The number of para-hydroxylation sites is 2. The van der Waals surface area contributed by atoms with Crippen LogP contribution in [0.15, 0.2) is 91.0 Å². The first-order valence-corrected chi connectivity index (χ1v) is 10.2. The maximum absolute atomic E-state index is 6.18.